The highest BCUT2D eigenvalue weighted by Gasteiger charge is 2.45. The van der Waals surface area contributed by atoms with Crippen LogP contribution in [0.25, 0.3) is 0 Å². The fraction of sp³-hybridized carbons (Fsp3) is 0.900. The molecule has 82 valence electrons. The maximum Gasteiger partial charge on any atom is 0.267 e. The average Bonchev–Trinajstić information content (AvgIpc) is 2.37. The summed E-state index contributed by atoms with van der Waals surface area (Å²) in [7, 11) is 0. The lowest BCUT2D eigenvalue weighted by Gasteiger charge is -2.23. The Morgan fingerprint density at radius 3 is 2.57 bits per heavy atom. The molecule has 1 saturated heterocycles. The van der Waals surface area contributed by atoms with E-state index in [-0.39, 0.29) is 24.3 Å². The number of halogens is 2. The normalized spacial score (nSPS) is 27.8. The van der Waals surface area contributed by atoms with E-state index in [2.05, 4.69) is 0 Å². The predicted molar refractivity (Wildman–Crippen MR) is 50.2 cm³/mol. The summed E-state index contributed by atoms with van der Waals surface area (Å²) < 4.78 is 26.0. The molecule has 0 aliphatic carbocycles. The van der Waals surface area contributed by atoms with Crippen molar-refractivity contribution in [2.45, 2.75) is 45.6 Å². The second-order valence-electron chi connectivity index (χ2n) is 4.18. The van der Waals surface area contributed by atoms with Gasteiger partial charge in [-0.1, -0.05) is 13.8 Å². The van der Waals surface area contributed by atoms with Crippen molar-refractivity contribution in [3.8, 4) is 0 Å². The van der Waals surface area contributed by atoms with Crippen molar-refractivity contribution in [3.05, 3.63) is 0 Å². The quantitative estimate of drug-likeness (QED) is 0.677. The molecule has 1 fully saturated rings. The van der Waals surface area contributed by atoms with E-state index in [0.29, 0.717) is 6.42 Å². The Balaban J connectivity index is 2.66. The van der Waals surface area contributed by atoms with Crippen molar-refractivity contribution in [2.24, 2.45) is 5.92 Å². The van der Waals surface area contributed by atoms with Crippen LogP contribution in [0, 0.1) is 5.92 Å². The topological polar surface area (TPSA) is 20.3 Å². The molecule has 0 unspecified atom stereocenters. The van der Waals surface area contributed by atoms with Crippen LogP contribution in [0.1, 0.15) is 33.6 Å². The first-order valence-electron chi connectivity index (χ1n) is 5.05. The fourth-order valence-corrected chi connectivity index (χ4v) is 1.76. The molecule has 1 heterocycles. The van der Waals surface area contributed by atoms with Gasteiger partial charge in [0.2, 0.25) is 5.91 Å². The number of likely N-dealkylation sites (tertiary alicyclic amines) is 1. The lowest BCUT2D eigenvalue weighted by Crippen LogP contribution is -2.38. The zero-order valence-corrected chi connectivity index (χ0v) is 8.89. The van der Waals surface area contributed by atoms with Gasteiger partial charge in [0.25, 0.3) is 5.92 Å². The Bertz CT molecular complexity index is 230. The van der Waals surface area contributed by atoms with E-state index >= 15 is 0 Å². The summed E-state index contributed by atoms with van der Waals surface area (Å²) in [6, 6.07) is -0.327. The number of carbonyl (C=O) groups excluding carboxylic acids is 1. The minimum atomic E-state index is -2.69. The van der Waals surface area contributed by atoms with Crippen molar-refractivity contribution in [1.29, 1.82) is 0 Å². The Kier molecular flexibility index (Phi) is 3.12. The van der Waals surface area contributed by atoms with Gasteiger partial charge in [0.15, 0.2) is 0 Å². The summed E-state index contributed by atoms with van der Waals surface area (Å²) in [4.78, 5) is 13.0. The van der Waals surface area contributed by atoms with Gasteiger partial charge in [-0.3, -0.25) is 4.79 Å². The number of amides is 1. The van der Waals surface area contributed by atoms with Crippen LogP contribution < -0.4 is 0 Å². The van der Waals surface area contributed by atoms with Crippen molar-refractivity contribution in [1.82, 2.24) is 4.90 Å². The van der Waals surface area contributed by atoms with E-state index in [1.807, 2.05) is 6.92 Å². The Labute approximate surface area is 83.3 Å². The number of hydrogen-bond donors (Lipinski definition) is 0. The highest BCUT2D eigenvalue weighted by atomic mass is 19.3. The molecule has 0 aromatic heterocycles. The van der Waals surface area contributed by atoms with E-state index in [4.69, 9.17) is 0 Å². The van der Waals surface area contributed by atoms with Gasteiger partial charge in [-0.15, -0.1) is 0 Å². The second kappa shape index (κ2) is 3.83. The van der Waals surface area contributed by atoms with Crippen LogP contribution >= 0.6 is 0 Å². The number of carbonyl (C=O) groups is 1. The highest BCUT2D eigenvalue weighted by molar-refractivity contribution is 5.79. The summed E-state index contributed by atoms with van der Waals surface area (Å²) in [6.07, 6.45) is 0.503. The fourth-order valence-electron chi connectivity index (χ4n) is 1.76. The van der Waals surface area contributed by atoms with Gasteiger partial charge < -0.3 is 4.90 Å². The molecule has 1 amide bonds. The van der Waals surface area contributed by atoms with Gasteiger partial charge in [-0.2, -0.15) is 0 Å². The summed E-state index contributed by atoms with van der Waals surface area (Å²) >= 11 is 0. The largest absolute Gasteiger partial charge is 0.334 e. The van der Waals surface area contributed by atoms with Crippen LogP contribution in [0.2, 0.25) is 0 Å². The van der Waals surface area contributed by atoms with Crippen molar-refractivity contribution in [3.63, 3.8) is 0 Å². The number of hydrogen-bond acceptors (Lipinski definition) is 1. The summed E-state index contributed by atoms with van der Waals surface area (Å²) in [6.45, 7) is 4.95. The zero-order valence-electron chi connectivity index (χ0n) is 8.89. The lowest BCUT2D eigenvalue weighted by molar-refractivity contribution is -0.136. The van der Waals surface area contributed by atoms with Crippen LogP contribution in [0.4, 0.5) is 8.78 Å². The molecule has 0 radical (unpaired) electrons. The summed E-state index contributed by atoms with van der Waals surface area (Å²) in [5.41, 5.74) is 0. The standard InChI is InChI=1S/C10H17F2NO/c1-4-7(2)9(14)13-6-10(11,12)5-8(13)3/h7-8H,4-6H2,1-3H3/t7-,8-/m1/s1. The maximum absolute atomic E-state index is 13.0. The first kappa shape index (κ1) is 11.4. The van der Waals surface area contributed by atoms with E-state index in [0.717, 1.165) is 0 Å². The molecule has 1 aliphatic rings. The van der Waals surface area contributed by atoms with Crippen LogP contribution in [0.5, 0.6) is 0 Å². The van der Waals surface area contributed by atoms with Crippen LogP contribution in [-0.2, 0) is 4.79 Å². The van der Waals surface area contributed by atoms with Gasteiger partial charge in [-0.25, -0.2) is 8.78 Å². The van der Waals surface area contributed by atoms with Gasteiger partial charge in [0, 0.05) is 18.4 Å². The minimum Gasteiger partial charge on any atom is -0.334 e. The molecule has 14 heavy (non-hydrogen) atoms. The third kappa shape index (κ3) is 2.22. The van der Waals surface area contributed by atoms with E-state index in [9.17, 15) is 13.6 Å². The van der Waals surface area contributed by atoms with Gasteiger partial charge in [-0.05, 0) is 13.3 Å². The highest BCUT2D eigenvalue weighted by Crippen LogP contribution is 2.32. The molecule has 0 N–H and O–H groups in total. The number of rotatable bonds is 2. The maximum atomic E-state index is 13.0. The average molecular weight is 205 g/mol. The van der Waals surface area contributed by atoms with Crippen molar-refractivity contribution < 1.29 is 13.6 Å². The molecule has 0 spiro atoms. The molecular weight excluding hydrogens is 188 g/mol. The molecule has 0 aromatic rings. The zero-order chi connectivity index (χ0) is 10.9. The smallest absolute Gasteiger partial charge is 0.267 e. The number of nitrogens with zero attached hydrogens (tertiary/aromatic N) is 1. The van der Waals surface area contributed by atoms with Crippen LogP contribution in [-0.4, -0.2) is 29.3 Å². The second-order valence-corrected chi connectivity index (χ2v) is 4.18. The van der Waals surface area contributed by atoms with Gasteiger partial charge in [0.05, 0.1) is 6.54 Å². The van der Waals surface area contributed by atoms with Crippen molar-refractivity contribution in [2.75, 3.05) is 6.54 Å². The number of alkyl halides is 2. The predicted octanol–water partition coefficient (Wildman–Crippen LogP) is 2.29. The Morgan fingerprint density at radius 2 is 2.21 bits per heavy atom. The SMILES string of the molecule is CC[C@@H](C)C(=O)N1CC(F)(F)C[C@H]1C. The third-order valence-electron chi connectivity index (χ3n) is 2.84. The van der Waals surface area contributed by atoms with Crippen LogP contribution in [0.15, 0.2) is 0 Å². The molecule has 0 bridgehead atoms. The monoisotopic (exact) mass is 205 g/mol. The third-order valence-corrected chi connectivity index (χ3v) is 2.84. The molecule has 1 rings (SSSR count). The van der Waals surface area contributed by atoms with Crippen molar-refractivity contribution >= 4 is 5.91 Å². The summed E-state index contributed by atoms with van der Waals surface area (Å²) in [5.74, 6) is -2.98. The molecule has 1 aliphatic heterocycles. The van der Waals surface area contributed by atoms with E-state index in [1.54, 1.807) is 13.8 Å². The van der Waals surface area contributed by atoms with Gasteiger partial charge in [0.1, 0.15) is 0 Å². The Morgan fingerprint density at radius 1 is 1.64 bits per heavy atom. The molecule has 4 heteroatoms. The van der Waals surface area contributed by atoms with E-state index < -0.39 is 12.5 Å². The first-order valence-corrected chi connectivity index (χ1v) is 5.05. The van der Waals surface area contributed by atoms with Crippen LogP contribution in [0.3, 0.4) is 0 Å². The molecule has 0 aromatic carbocycles. The molecule has 2 atom stereocenters. The molecule has 0 saturated carbocycles. The lowest BCUT2D eigenvalue weighted by atomic mass is 10.1. The molecule has 2 nitrogen and oxygen atoms in total. The summed E-state index contributed by atoms with van der Waals surface area (Å²) in [5, 5.41) is 0. The molecular formula is C10H17F2NO. The van der Waals surface area contributed by atoms with E-state index in [1.165, 1.54) is 4.90 Å². The minimum absolute atomic E-state index is 0.142. The Hall–Kier alpha value is -0.670. The van der Waals surface area contributed by atoms with Gasteiger partial charge >= 0.3 is 0 Å². The first-order chi connectivity index (χ1) is 6.37.